The summed E-state index contributed by atoms with van der Waals surface area (Å²) in [7, 11) is 0. The van der Waals surface area contributed by atoms with Crippen LogP contribution in [0.3, 0.4) is 0 Å². The molecule has 52 valence electrons. The second kappa shape index (κ2) is 3.51. The third-order valence-corrected chi connectivity index (χ3v) is 2.42. The molecule has 0 aliphatic carbocycles. The van der Waals surface area contributed by atoms with Gasteiger partial charge in [-0.1, -0.05) is 0 Å². The van der Waals surface area contributed by atoms with Gasteiger partial charge in [0, 0.05) is 19.1 Å². The molecule has 1 fully saturated rings. The van der Waals surface area contributed by atoms with Gasteiger partial charge < -0.3 is 4.74 Å². The minimum atomic E-state index is 0.277. The Kier molecular flexibility index (Phi) is 2.91. The van der Waals surface area contributed by atoms with E-state index in [-0.39, 0.29) is 9.71 Å². The van der Waals surface area contributed by atoms with Crippen LogP contribution in [0.4, 0.5) is 0 Å². The third kappa shape index (κ3) is 2.21. The van der Waals surface area contributed by atoms with Crippen LogP contribution >= 0.6 is 22.6 Å². The largest absolute Gasteiger partial charge is 0.381 e. The van der Waals surface area contributed by atoms with E-state index in [1.165, 1.54) is 0 Å². The predicted molar refractivity (Wildman–Crippen MR) is 42.6 cm³/mol. The molecule has 1 aliphatic rings. The first kappa shape index (κ1) is 7.47. The Bertz CT molecular complexity index is 108. The van der Waals surface area contributed by atoms with E-state index >= 15 is 0 Å². The van der Waals surface area contributed by atoms with Crippen molar-refractivity contribution in [3.05, 3.63) is 0 Å². The van der Waals surface area contributed by atoms with Crippen molar-refractivity contribution in [1.29, 1.82) is 0 Å². The van der Waals surface area contributed by atoms with Gasteiger partial charge in [-0.3, -0.25) is 4.79 Å². The van der Waals surface area contributed by atoms with Gasteiger partial charge in [-0.15, -0.1) is 0 Å². The summed E-state index contributed by atoms with van der Waals surface area (Å²) in [5.41, 5.74) is 0. The van der Waals surface area contributed by atoms with Crippen molar-refractivity contribution in [2.24, 2.45) is 5.92 Å². The first-order valence-electron chi connectivity index (χ1n) is 3.08. The summed E-state index contributed by atoms with van der Waals surface area (Å²) in [6.45, 7) is 1.53. The van der Waals surface area contributed by atoms with Crippen LogP contribution in [0.2, 0.25) is 0 Å². The molecule has 2 nitrogen and oxygen atoms in total. The van der Waals surface area contributed by atoms with Crippen molar-refractivity contribution in [3.8, 4) is 0 Å². The maximum Gasteiger partial charge on any atom is 0.195 e. The predicted octanol–water partition coefficient (Wildman–Crippen LogP) is 1.37. The number of hydrogen-bond donors (Lipinski definition) is 0. The van der Waals surface area contributed by atoms with Gasteiger partial charge in [-0.25, -0.2) is 0 Å². The highest BCUT2D eigenvalue weighted by atomic mass is 127. The van der Waals surface area contributed by atoms with Gasteiger partial charge in [0.25, 0.3) is 0 Å². The molecular formula is C6H9IO2. The Balaban J connectivity index is 2.31. The molecule has 0 amide bonds. The topological polar surface area (TPSA) is 26.3 Å². The van der Waals surface area contributed by atoms with Crippen LogP contribution in [0.5, 0.6) is 0 Å². The summed E-state index contributed by atoms with van der Waals surface area (Å²) < 4.78 is 5.38. The fourth-order valence-electron chi connectivity index (χ4n) is 0.925. The van der Waals surface area contributed by atoms with Gasteiger partial charge in [0.15, 0.2) is 3.79 Å². The molecule has 1 aliphatic heterocycles. The molecule has 0 unspecified atom stereocenters. The lowest BCUT2D eigenvalue weighted by Crippen LogP contribution is -2.19. The quantitative estimate of drug-likeness (QED) is 0.511. The highest BCUT2D eigenvalue weighted by Crippen LogP contribution is 2.17. The molecule has 0 atom stereocenters. The zero-order chi connectivity index (χ0) is 6.69. The molecule has 0 aromatic carbocycles. The minimum absolute atomic E-state index is 0.277. The number of carbonyl (C=O) groups excluding carboxylic acids is 1. The summed E-state index contributed by atoms with van der Waals surface area (Å²) in [5.74, 6) is 0.277. The molecule has 0 spiro atoms. The first-order valence-corrected chi connectivity index (χ1v) is 4.15. The second-order valence-electron chi connectivity index (χ2n) is 2.19. The molecule has 9 heavy (non-hydrogen) atoms. The zero-order valence-electron chi connectivity index (χ0n) is 5.10. The number of rotatable bonds is 1. The number of ether oxygens (including phenoxy) is 1. The van der Waals surface area contributed by atoms with Crippen molar-refractivity contribution >= 4 is 26.4 Å². The molecule has 0 saturated carbocycles. The van der Waals surface area contributed by atoms with Gasteiger partial charge in [0.05, 0.1) is 0 Å². The third-order valence-electron chi connectivity index (χ3n) is 1.54. The van der Waals surface area contributed by atoms with E-state index in [2.05, 4.69) is 0 Å². The summed E-state index contributed by atoms with van der Waals surface area (Å²) >= 11 is 1.87. The normalized spacial score (nSPS) is 21.9. The van der Waals surface area contributed by atoms with Crippen LogP contribution in [-0.2, 0) is 9.53 Å². The van der Waals surface area contributed by atoms with Crippen LogP contribution in [-0.4, -0.2) is 17.0 Å². The van der Waals surface area contributed by atoms with E-state index < -0.39 is 0 Å². The van der Waals surface area contributed by atoms with Crippen LogP contribution in [0.25, 0.3) is 0 Å². The molecule has 0 aromatic heterocycles. The molecule has 1 heterocycles. The summed E-state index contributed by atoms with van der Waals surface area (Å²) in [5, 5.41) is 0. The molecule has 1 saturated heterocycles. The van der Waals surface area contributed by atoms with E-state index in [1.807, 2.05) is 22.6 Å². The minimum Gasteiger partial charge on any atom is -0.381 e. The Morgan fingerprint density at radius 3 is 2.33 bits per heavy atom. The average Bonchev–Trinajstić information content (AvgIpc) is 1.90. The zero-order valence-corrected chi connectivity index (χ0v) is 7.26. The van der Waals surface area contributed by atoms with E-state index in [0.717, 1.165) is 26.1 Å². The Hall–Kier alpha value is 0.360. The Labute approximate surface area is 68.1 Å². The lowest BCUT2D eigenvalue weighted by molar-refractivity contribution is -0.115. The Morgan fingerprint density at radius 2 is 2.00 bits per heavy atom. The van der Waals surface area contributed by atoms with Crippen molar-refractivity contribution in [2.45, 2.75) is 12.8 Å². The second-order valence-corrected chi connectivity index (χ2v) is 3.25. The van der Waals surface area contributed by atoms with Crippen molar-refractivity contribution in [3.63, 3.8) is 0 Å². The lowest BCUT2D eigenvalue weighted by Gasteiger charge is -2.17. The first-order chi connectivity index (χ1) is 4.30. The van der Waals surface area contributed by atoms with Gasteiger partial charge in [-0.2, -0.15) is 0 Å². The van der Waals surface area contributed by atoms with Gasteiger partial charge in [-0.05, 0) is 35.4 Å². The summed E-state index contributed by atoms with van der Waals surface area (Å²) in [4.78, 5) is 10.7. The Morgan fingerprint density at radius 1 is 1.44 bits per heavy atom. The highest BCUT2D eigenvalue weighted by molar-refractivity contribution is 14.1. The maximum atomic E-state index is 10.7. The fourth-order valence-corrected chi connectivity index (χ4v) is 1.55. The molecule has 3 heteroatoms. The SMILES string of the molecule is O=C(I)C1CCOCC1. The molecule has 0 bridgehead atoms. The van der Waals surface area contributed by atoms with E-state index in [1.54, 1.807) is 0 Å². The summed E-state index contributed by atoms with van der Waals surface area (Å²) in [6, 6.07) is 0. The molecule has 0 aromatic rings. The van der Waals surface area contributed by atoms with Gasteiger partial charge >= 0.3 is 0 Å². The molecule has 0 radical (unpaired) electrons. The van der Waals surface area contributed by atoms with Gasteiger partial charge in [0.2, 0.25) is 0 Å². The highest BCUT2D eigenvalue weighted by Gasteiger charge is 2.18. The van der Waals surface area contributed by atoms with Crippen molar-refractivity contribution < 1.29 is 9.53 Å². The van der Waals surface area contributed by atoms with Crippen molar-refractivity contribution in [2.75, 3.05) is 13.2 Å². The average molecular weight is 240 g/mol. The maximum absolute atomic E-state index is 10.7. The number of hydrogen-bond acceptors (Lipinski definition) is 2. The monoisotopic (exact) mass is 240 g/mol. The van der Waals surface area contributed by atoms with E-state index in [4.69, 9.17) is 4.74 Å². The van der Waals surface area contributed by atoms with Gasteiger partial charge in [0.1, 0.15) is 0 Å². The summed E-state index contributed by atoms with van der Waals surface area (Å²) in [6.07, 6.45) is 1.84. The van der Waals surface area contributed by atoms with E-state index in [0.29, 0.717) is 0 Å². The lowest BCUT2D eigenvalue weighted by atomic mass is 10.0. The number of carbonyl (C=O) groups is 1. The van der Waals surface area contributed by atoms with E-state index in [9.17, 15) is 4.79 Å². The standard InChI is InChI=1S/C6H9IO2/c7-6(8)5-1-3-9-4-2-5/h5H,1-4H2. The molecular weight excluding hydrogens is 231 g/mol. The van der Waals surface area contributed by atoms with Crippen LogP contribution in [0.15, 0.2) is 0 Å². The van der Waals surface area contributed by atoms with Crippen molar-refractivity contribution in [1.82, 2.24) is 0 Å². The fraction of sp³-hybridized carbons (Fsp3) is 0.833. The van der Waals surface area contributed by atoms with Crippen LogP contribution in [0.1, 0.15) is 12.8 Å². The smallest absolute Gasteiger partial charge is 0.195 e. The molecule has 0 N–H and O–H groups in total. The molecule has 1 rings (SSSR count). The van der Waals surface area contributed by atoms with Crippen LogP contribution < -0.4 is 0 Å². The van der Waals surface area contributed by atoms with Crippen LogP contribution in [0, 0.1) is 5.92 Å². The number of halogens is 1.